The van der Waals surface area contributed by atoms with Crippen LogP contribution in [0.2, 0.25) is 18.1 Å². The predicted octanol–water partition coefficient (Wildman–Crippen LogP) is 4.80. The third-order valence-corrected chi connectivity index (χ3v) is 7.84. The van der Waals surface area contributed by atoms with Crippen LogP contribution in [-0.4, -0.2) is 8.32 Å². The zero-order valence-electron chi connectivity index (χ0n) is 11.7. The average molecular weight is 248 g/mol. The van der Waals surface area contributed by atoms with E-state index >= 15 is 0 Å². The van der Waals surface area contributed by atoms with Crippen LogP contribution in [0.25, 0.3) is 0 Å². The standard InChI is InChI=1S/C15H24OSi/c1-7-8-13-9-11-14(12-10-13)16-17(5,6)15(2,3)4/h7,9-12H,1,8H2,2-6H3. The molecule has 0 heterocycles. The highest BCUT2D eigenvalue weighted by Gasteiger charge is 2.38. The van der Waals surface area contributed by atoms with Gasteiger partial charge in [-0.05, 0) is 42.2 Å². The van der Waals surface area contributed by atoms with Gasteiger partial charge in [0.15, 0.2) is 0 Å². The molecule has 0 aliphatic rings. The quantitative estimate of drug-likeness (QED) is 0.549. The molecule has 1 rings (SSSR count). The Labute approximate surface area is 107 Å². The van der Waals surface area contributed by atoms with Crippen molar-refractivity contribution in [1.82, 2.24) is 0 Å². The van der Waals surface area contributed by atoms with E-state index in [2.05, 4.69) is 64.7 Å². The summed E-state index contributed by atoms with van der Waals surface area (Å²) in [5.74, 6) is 0.990. The van der Waals surface area contributed by atoms with Crippen LogP contribution in [0.15, 0.2) is 36.9 Å². The molecular weight excluding hydrogens is 224 g/mol. The summed E-state index contributed by atoms with van der Waals surface area (Å²) in [5.41, 5.74) is 1.28. The Balaban J connectivity index is 2.79. The molecule has 0 bridgehead atoms. The molecule has 0 spiro atoms. The van der Waals surface area contributed by atoms with Gasteiger partial charge in [0.05, 0.1) is 0 Å². The first-order chi connectivity index (χ1) is 7.76. The summed E-state index contributed by atoms with van der Waals surface area (Å²) in [6, 6.07) is 8.37. The van der Waals surface area contributed by atoms with E-state index in [1.807, 2.05) is 6.08 Å². The Kier molecular flexibility index (Phi) is 4.20. The Morgan fingerprint density at radius 1 is 1.18 bits per heavy atom. The number of hydrogen-bond acceptors (Lipinski definition) is 1. The highest BCUT2D eigenvalue weighted by molar-refractivity contribution is 6.74. The van der Waals surface area contributed by atoms with E-state index < -0.39 is 8.32 Å². The van der Waals surface area contributed by atoms with Crippen LogP contribution in [0.4, 0.5) is 0 Å². The molecule has 0 aliphatic carbocycles. The van der Waals surface area contributed by atoms with Gasteiger partial charge in [-0.3, -0.25) is 0 Å². The maximum atomic E-state index is 6.21. The number of allylic oxidation sites excluding steroid dienone is 1. The highest BCUT2D eigenvalue weighted by atomic mass is 28.4. The summed E-state index contributed by atoms with van der Waals surface area (Å²) >= 11 is 0. The summed E-state index contributed by atoms with van der Waals surface area (Å²) < 4.78 is 6.21. The molecule has 0 N–H and O–H groups in total. The van der Waals surface area contributed by atoms with Gasteiger partial charge in [-0.25, -0.2) is 0 Å². The first-order valence-electron chi connectivity index (χ1n) is 6.15. The first kappa shape index (κ1) is 14.0. The van der Waals surface area contributed by atoms with Gasteiger partial charge in [0.2, 0.25) is 8.32 Å². The summed E-state index contributed by atoms with van der Waals surface area (Å²) in [7, 11) is -1.70. The molecule has 0 saturated heterocycles. The molecule has 0 aliphatic heterocycles. The minimum absolute atomic E-state index is 0.243. The fourth-order valence-electron chi connectivity index (χ4n) is 1.31. The molecule has 0 aromatic heterocycles. The van der Waals surface area contributed by atoms with Gasteiger partial charge in [-0.1, -0.05) is 39.0 Å². The Hall–Kier alpha value is -1.02. The molecule has 1 nitrogen and oxygen atoms in total. The van der Waals surface area contributed by atoms with Gasteiger partial charge in [-0.15, -0.1) is 6.58 Å². The van der Waals surface area contributed by atoms with E-state index in [4.69, 9.17) is 4.43 Å². The second-order valence-electron chi connectivity index (χ2n) is 6.00. The molecule has 0 unspecified atom stereocenters. The van der Waals surface area contributed by atoms with Gasteiger partial charge in [0.1, 0.15) is 5.75 Å². The van der Waals surface area contributed by atoms with Gasteiger partial charge in [0.25, 0.3) is 0 Å². The van der Waals surface area contributed by atoms with Gasteiger partial charge < -0.3 is 4.43 Å². The van der Waals surface area contributed by atoms with E-state index in [9.17, 15) is 0 Å². The minimum Gasteiger partial charge on any atom is -0.544 e. The van der Waals surface area contributed by atoms with Crippen LogP contribution in [0, 0.1) is 0 Å². The minimum atomic E-state index is -1.70. The lowest BCUT2D eigenvalue weighted by Crippen LogP contribution is -2.43. The van der Waals surface area contributed by atoms with Crippen molar-refractivity contribution in [3.8, 4) is 5.75 Å². The maximum absolute atomic E-state index is 6.21. The van der Waals surface area contributed by atoms with Crippen molar-refractivity contribution in [2.45, 2.75) is 45.3 Å². The largest absolute Gasteiger partial charge is 0.544 e. The number of benzene rings is 1. The van der Waals surface area contributed by atoms with Crippen LogP contribution in [0.3, 0.4) is 0 Å². The maximum Gasteiger partial charge on any atom is 0.250 e. The van der Waals surface area contributed by atoms with E-state index in [0.717, 1.165) is 12.2 Å². The fraction of sp³-hybridized carbons (Fsp3) is 0.467. The summed E-state index contributed by atoms with van der Waals surface area (Å²) in [6.07, 6.45) is 2.84. The van der Waals surface area contributed by atoms with Crippen molar-refractivity contribution in [2.24, 2.45) is 0 Å². The van der Waals surface area contributed by atoms with Crippen molar-refractivity contribution in [1.29, 1.82) is 0 Å². The summed E-state index contributed by atoms with van der Waals surface area (Å²) in [4.78, 5) is 0. The molecule has 2 heteroatoms. The Morgan fingerprint density at radius 2 is 1.71 bits per heavy atom. The highest BCUT2D eigenvalue weighted by Crippen LogP contribution is 2.37. The molecule has 0 atom stereocenters. The van der Waals surface area contributed by atoms with Crippen LogP contribution in [-0.2, 0) is 6.42 Å². The van der Waals surface area contributed by atoms with Crippen molar-refractivity contribution in [3.05, 3.63) is 42.5 Å². The Bertz CT molecular complexity index is 371. The molecule has 0 radical (unpaired) electrons. The molecule has 0 fully saturated rings. The zero-order valence-corrected chi connectivity index (χ0v) is 12.7. The smallest absolute Gasteiger partial charge is 0.250 e. The zero-order chi connectivity index (χ0) is 13.1. The number of rotatable bonds is 4. The Morgan fingerprint density at radius 3 is 2.12 bits per heavy atom. The van der Waals surface area contributed by atoms with E-state index in [-0.39, 0.29) is 5.04 Å². The third-order valence-electron chi connectivity index (χ3n) is 3.48. The molecule has 94 valence electrons. The van der Waals surface area contributed by atoms with Crippen molar-refractivity contribution in [2.75, 3.05) is 0 Å². The monoisotopic (exact) mass is 248 g/mol. The van der Waals surface area contributed by atoms with E-state index in [0.29, 0.717) is 0 Å². The van der Waals surface area contributed by atoms with Crippen LogP contribution in [0.5, 0.6) is 5.75 Å². The second-order valence-corrected chi connectivity index (χ2v) is 10.7. The topological polar surface area (TPSA) is 9.23 Å². The van der Waals surface area contributed by atoms with E-state index in [1.165, 1.54) is 5.56 Å². The molecular formula is C15H24OSi. The van der Waals surface area contributed by atoms with Crippen molar-refractivity contribution >= 4 is 8.32 Å². The first-order valence-corrected chi connectivity index (χ1v) is 9.06. The SMILES string of the molecule is C=CCc1ccc(O[Si](C)(C)C(C)(C)C)cc1. The summed E-state index contributed by atoms with van der Waals surface area (Å²) in [6.45, 7) is 15.0. The lowest BCUT2D eigenvalue weighted by molar-refractivity contribution is 0.492. The fourth-order valence-corrected chi connectivity index (χ4v) is 2.34. The van der Waals surface area contributed by atoms with Gasteiger partial charge in [-0.2, -0.15) is 0 Å². The van der Waals surface area contributed by atoms with Crippen molar-refractivity contribution < 1.29 is 4.43 Å². The number of hydrogen-bond donors (Lipinski definition) is 0. The normalized spacial score (nSPS) is 12.3. The molecule has 0 amide bonds. The molecule has 1 aromatic rings. The van der Waals surface area contributed by atoms with E-state index in [1.54, 1.807) is 0 Å². The van der Waals surface area contributed by atoms with Crippen LogP contribution in [0.1, 0.15) is 26.3 Å². The molecule has 0 saturated carbocycles. The lowest BCUT2D eigenvalue weighted by atomic mass is 10.1. The lowest BCUT2D eigenvalue weighted by Gasteiger charge is -2.36. The van der Waals surface area contributed by atoms with Crippen LogP contribution < -0.4 is 4.43 Å². The summed E-state index contributed by atoms with van der Waals surface area (Å²) in [5, 5.41) is 0.243. The molecule has 1 aromatic carbocycles. The average Bonchev–Trinajstić information content (AvgIpc) is 2.19. The van der Waals surface area contributed by atoms with Gasteiger partial charge >= 0.3 is 0 Å². The molecule has 17 heavy (non-hydrogen) atoms. The van der Waals surface area contributed by atoms with Crippen LogP contribution >= 0.6 is 0 Å². The van der Waals surface area contributed by atoms with Crippen molar-refractivity contribution in [3.63, 3.8) is 0 Å². The predicted molar refractivity (Wildman–Crippen MR) is 78.2 cm³/mol. The van der Waals surface area contributed by atoms with Gasteiger partial charge in [0, 0.05) is 0 Å². The third kappa shape index (κ3) is 3.74. The second kappa shape index (κ2) is 5.09.